The number of anilines is 1. The molecule has 3 rings (SSSR count). The van der Waals surface area contributed by atoms with Gasteiger partial charge in [0.2, 0.25) is 11.8 Å². The zero-order valence-electron chi connectivity index (χ0n) is 16.9. The molecular weight excluding hydrogens is 382 g/mol. The quantitative estimate of drug-likeness (QED) is 0.703. The molecule has 1 N–H and O–H groups in total. The molecule has 1 fully saturated rings. The number of thioether (sulfide) groups is 1. The van der Waals surface area contributed by atoms with Crippen LogP contribution in [0.25, 0.3) is 0 Å². The van der Waals surface area contributed by atoms with Crippen molar-refractivity contribution < 1.29 is 9.59 Å². The Balaban J connectivity index is 1.78. The second-order valence-electron chi connectivity index (χ2n) is 7.10. The molecule has 0 saturated carbocycles. The van der Waals surface area contributed by atoms with E-state index in [1.807, 2.05) is 57.2 Å². The smallest absolute Gasteiger partial charge is 0.242 e. The van der Waals surface area contributed by atoms with Crippen LogP contribution in [0.5, 0.6) is 0 Å². The third-order valence-electron chi connectivity index (χ3n) is 4.69. The summed E-state index contributed by atoms with van der Waals surface area (Å²) >= 11 is 1.34. The molecular formula is C23H25N3O2S. The van der Waals surface area contributed by atoms with Crippen molar-refractivity contribution in [2.24, 2.45) is 4.99 Å². The maximum absolute atomic E-state index is 12.9. The van der Waals surface area contributed by atoms with Gasteiger partial charge in [0.15, 0.2) is 5.17 Å². The lowest BCUT2D eigenvalue weighted by Crippen LogP contribution is -2.33. The first-order valence-corrected chi connectivity index (χ1v) is 10.4. The zero-order valence-corrected chi connectivity index (χ0v) is 17.8. The van der Waals surface area contributed by atoms with E-state index in [0.717, 1.165) is 28.1 Å². The minimum atomic E-state index is -0.497. The Hall–Kier alpha value is -2.86. The molecule has 2 aromatic rings. The Morgan fingerprint density at radius 3 is 2.66 bits per heavy atom. The van der Waals surface area contributed by atoms with Crippen LogP contribution in [0, 0.1) is 20.8 Å². The molecule has 6 heteroatoms. The van der Waals surface area contributed by atoms with Crippen LogP contribution >= 0.6 is 11.8 Å². The van der Waals surface area contributed by atoms with Crippen LogP contribution in [-0.2, 0) is 9.59 Å². The molecule has 0 aliphatic carbocycles. The fourth-order valence-electron chi connectivity index (χ4n) is 3.14. The summed E-state index contributed by atoms with van der Waals surface area (Å²) in [7, 11) is 0. The predicted octanol–water partition coefficient (Wildman–Crippen LogP) is 4.76. The van der Waals surface area contributed by atoms with Gasteiger partial charge in [-0.05, 0) is 44.0 Å². The van der Waals surface area contributed by atoms with Gasteiger partial charge in [-0.3, -0.25) is 14.5 Å². The van der Waals surface area contributed by atoms with Crippen molar-refractivity contribution in [2.75, 3.05) is 11.9 Å². The van der Waals surface area contributed by atoms with Gasteiger partial charge >= 0.3 is 0 Å². The molecule has 2 amide bonds. The Kier molecular flexibility index (Phi) is 6.54. The SMILES string of the molecule is C=CCN1C(=O)[C@@H](CC(=O)Nc2ccccc2C)SC1=Nc1ccc(C)cc1C. The average Bonchev–Trinajstić information content (AvgIpc) is 2.95. The third-order valence-corrected chi connectivity index (χ3v) is 5.87. The van der Waals surface area contributed by atoms with Crippen molar-refractivity contribution >= 4 is 40.1 Å². The van der Waals surface area contributed by atoms with E-state index in [2.05, 4.69) is 18.0 Å². The number of para-hydroxylation sites is 1. The van der Waals surface area contributed by atoms with Gasteiger partial charge in [0.1, 0.15) is 5.25 Å². The standard InChI is InChI=1S/C23H25N3O2S/c1-5-12-26-22(28)20(14-21(27)24-18-9-7-6-8-16(18)3)29-23(26)25-19-11-10-15(2)13-17(19)4/h5-11,13,20H,1,12,14H2,2-4H3,(H,24,27)/t20-/m1/s1. The largest absolute Gasteiger partial charge is 0.326 e. The molecule has 0 bridgehead atoms. The summed E-state index contributed by atoms with van der Waals surface area (Å²) in [6, 6.07) is 13.6. The van der Waals surface area contributed by atoms with Crippen molar-refractivity contribution in [1.82, 2.24) is 4.90 Å². The number of aryl methyl sites for hydroxylation is 3. The summed E-state index contributed by atoms with van der Waals surface area (Å²) in [4.78, 5) is 31.7. The van der Waals surface area contributed by atoms with E-state index in [0.29, 0.717) is 11.7 Å². The molecule has 1 aliphatic rings. The van der Waals surface area contributed by atoms with Gasteiger partial charge in [-0.15, -0.1) is 6.58 Å². The number of aliphatic imine (C=N–C) groups is 1. The van der Waals surface area contributed by atoms with Crippen LogP contribution in [0.2, 0.25) is 0 Å². The highest BCUT2D eigenvalue weighted by Gasteiger charge is 2.38. The molecule has 1 heterocycles. The van der Waals surface area contributed by atoms with Gasteiger partial charge in [0.25, 0.3) is 0 Å². The number of hydrogen-bond acceptors (Lipinski definition) is 4. The normalized spacial score (nSPS) is 17.6. The first kappa shape index (κ1) is 20.9. The van der Waals surface area contributed by atoms with Crippen LogP contribution < -0.4 is 5.32 Å². The molecule has 0 radical (unpaired) electrons. The summed E-state index contributed by atoms with van der Waals surface area (Å²) in [6.07, 6.45) is 1.77. The number of rotatable bonds is 6. The summed E-state index contributed by atoms with van der Waals surface area (Å²) in [5.74, 6) is -0.296. The molecule has 1 atom stereocenters. The van der Waals surface area contributed by atoms with Gasteiger partial charge < -0.3 is 5.32 Å². The van der Waals surface area contributed by atoms with Crippen molar-refractivity contribution in [2.45, 2.75) is 32.4 Å². The van der Waals surface area contributed by atoms with E-state index in [1.165, 1.54) is 11.8 Å². The Morgan fingerprint density at radius 2 is 1.97 bits per heavy atom. The van der Waals surface area contributed by atoms with Crippen LogP contribution in [0.3, 0.4) is 0 Å². The fraction of sp³-hybridized carbons (Fsp3) is 0.261. The molecule has 2 aromatic carbocycles. The first-order valence-electron chi connectivity index (χ1n) is 9.49. The number of benzene rings is 2. The molecule has 29 heavy (non-hydrogen) atoms. The van der Waals surface area contributed by atoms with E-state index >= 15 is 0 Å². The Bertz CT molecular complexity index is 984. The summed E-state index contributed by atoms with van der Waals surface area (Å²) < 4.78 is 0. The van der Waals surface area contributed by atoms with E-state index in [-0.39, 0.29) is 18.2 Å². The summed E-state index contributed by atoms with van der Waals surface area (Å²) in [6.45, 7) is 10.1. The summed E-state index contributed by atoms with van der Waals surface area (Å²) in [5, 5.41) is 3.01. The highest BCUT2D eigenvalue weighted by molar-refractivity contribution is 8.15. The highest BCUT2D eigenvalue weighted by Crippen LogP contribution is 2.33. The molecule has 0 aromatic heterocycles. The minimum absolute atomic E-state index is 0.0946. The van der Waals surface area contributed by atoms with E-state index in [9.17, 15) is 9.59 Å². The maximum Gasteiger partial charge on any atom is 0.242 e. The van der Waals surface area contributed by atoms with Crippen molar-refractivity contribution in [3.63, 3.8) is 0 Å². The second-order valence-corrected chi connectivity index (χ2v) is 8.27. The number of carbonyl (C=O) groups is 2. The van der Waals surface area contributed by atoms with E-state index in [1.54, 1.807) is 11.0 Å². The van der Waals surface area contributed by atoms with Crippen LogP contribution in [-0.4, -0.2) is 33.7 Å². The third kappa shape index (κ3) is 4.95. The number of carbonyl (C=O) groups excluding carboxylic acids is 2. The summed E-state index contributed by atoms with van der Waals surface area (Å²) in [5.41, 5.74) is 4.78. The minimum Gasteiger partial charge on any atom is -0.326 e. The van der Waals surface area contributed by atoms with Crippen molar-refractivity contribution in [3.05, 3.63) is 71.8 Å². The molecule has 1 aliphatic heterocycles. The van der Waals surface area contributed by atoms with Crippen molar-refractivity contribution in [3.8, 4) is 0 Å². The molecule has 150 valence electrons. The van der Waals surface area contributed by atoms with E-state index in [4.69, 9.17) is 4.99 Å². The highest BCUT2D eigenvalue weighted by atomic mass is 32.2. The van der Waals surface area contributed by atoms with Gasteiger partial charge in [-0.25, -0.2) is 4.99 Å². The van der Waals surface area contributed by atoms with Crippen LogP contribution in [0.1, 0.15) is 23.1 Å². The number of amides is 2. The molecule has 1 saturated heterocycles. The Labute approximate surface area is 175 Å². The topological polar surface area (TPSA) is 61.8 Å². The Morgan fingerprint density at radius 1 is 1.21 bits per heavy atom. The second kappa shape index (κ2) is 9.09. The lowest BCUT2D eigenvalue weighted by atomic mass is 10.1. The molecule has 0 spiro atoms. The van der Waals surface area contributed by atoms with Gasteiger partial charge in [0.05, 0.1) is 5.69 Å². The zero-order chi connectivity index (χ0) is 21.0. The lowest BCUT2D eigenvalue weighted by Gasteiger charge is -2.14. The van der Waals surface area contributed by atoms with Gasteiger partial charge in [-0.2, -0.15) is 0 Å². The maximum atomic E-state index is 12.9. The number of nitrogens with zero attached hydrogens (tertiary/aromatic N) is 2. The average molecular weight is 408 g/mol. The van der Waals surface area contributed by atoms with Gasteiger partial charge in [0, 0.05) is 18.7 Å². The fourth-order valence-corrected chi connectivity index (χ4v) is 4.30. The van der Waals surface area contributed by atoms with Crippen molar-refractivity contribution in [1.29, 1.82) is 0 Å². The number of nitrogens with one attached hydrogen (secondary N) is 1. The first-order chi connectivity index (χ1) is 13.9. The van der Waals surface area contributed by atoms with E-state index < -0.39 is 5.25 Å². The predicted molar refractivity (Wildman–Crippen MR) is 121 cm³/mol. The number of amidine groups is 1. The van der Waals surface area contributed by atoms with Crippen LogP contribution in [0.15, 0.2) is 60.1 Å². The van der Waals surface area contributed by atoms with Crippen LogP contribution in [0.4, 0.5) is 11.4 Å². The number of hydrogen-bond donors (Lipinski definition) is 1. The molecule has 5 nitrogen and oxygen atoms in total. The lowest BCUT2D eigenvalue weighted by molar-refractivity contribution is -0.127. The molecule has 0 unspecified atom stereocenters. The van der Waals surface area contributed by atoms with Gasteiger partial charge in [-0.1, -0.05) is 53.7 Å². The monoisotopic (exact) mass is 407 g/mol.